The van der Waals surface area contributed by atoms with Crippen molar-refractivity contribution in [2.24, 2.45) is 0 Å². The van der Waals surface area contributed by atoms with Gasteiger partial charge in [0, 0.05) is 25.8 Å². The van der Waals surface area contributed by atoms with Crippen LogP contribution >= 0.6 is 0 Å². The van der Waals surface area contributed by atoms with Gasteiger partial charge in [0.05, 0.1) is 0 Å². The van der Waals surface area contributed by atoms with E-state index in [1.54, 1.807) is 0 Å². The summed E-state index contributed by atoms with van der Waals surface area (Å²) in [7, 11) is -0.589. The molecule has 2 unspecified atom stereocenters. The van der Waals surface area contributed by atoms with E-state index >= 15 is 0 Å². The van der Waals surface area contributed by atoms with E-state index in [4.69, 9.17) is 8.85 Å². The van der Waals surface area contributed by atoms with E-state index in [9.17, 15) is 0 Å². The Labute approximate surface area is 104 Å². The van der Waals surface area contributed by atoms with Crippen molar-refractivity contribution in [3.63, 3.8) is 0 Å². The summed E-state index contributed by atoms with van der Waals surface area (Å²) in [5, 5.41) is 0. The Hall–Kier alpha value is 0.0969. The molecule has 0 aromatic carbocycles. The van der Waals surface area contributed by atoms with Crippen molar-refractivity contribution in [3.8, 4) is 0 Å². The van der Waals surface area contributed by atoms with Crippen molar-refractivity contribution in [1.82, 2.24) is 4.90 Å². The minimum Gasteiger partial charge on any atom is -0.399 e. The van der Waals surface area contributed by atoms with Crippen LogP contribution in [0.2, 0.25) is 0 Å². The molecule has 1 aliphatic rings. The average molecular weight is 247 g/mol. The predicted molar refractivity (Wildman–Crippen MR) is 72.4 cm³/mol. The summed E-state index contributed by atoms with van der Waals surface area (Å²) in [5.74, 6) is 0. The zero-order chi connectivity index (χ0) is 12.2. The second kappa shape index (κ2) is 11.6. The van der Waals surface area contributed by atoms with Crippen molar-refractivity contribution in [2.75, 3.05) is 26.3 Å². The summed E-state index contributed by atoms with van der Waals surface area (Å²) < 4.78 is 9.98. The van der Waals surface area contributed by atoms with Crippen LogP contribution in [0.25, 0.3) is 0 Å². The molecule has 1 heterocycles. The van der Waals surface area contributed by atoms with E-state index in [1.807, 2.05) is 13.8 Å². The molecular formula is C12H29NO2Si. The summed E-state index contributed by atoms with van der Waals surface area (Å²) >= 11 is 0. The third kappa shape index (κ3) is 10.6. The van der Waals surface area contributed by atoms with Crippen molar-refractivity contribution >= 4 is 10.0 Å². The highest BCUT2D eigenvalue weighted by Crippen LogP contribution is 2.16. The number of hydrogen-bond donors (Lipinski definition) is 0. The Morgan fingerprint density at radius 3 is 2.06 bits per heavy atom. The maximum atomic E-state index is 4.99. The molecule has 0 bridgehead atoms. The van der Waals surface area contributed by atoms with Crippen LogP contribution in [0.1, 0.15) is 47.0 Å². The van der Waals surface area contributed by atoms with Crippen LogP contribution in [-0.2, 0) is 8.85 Å². The van der Waals surface area contributed by atoms with Crippen molar-refractivity contribution in [2.45, 2.75) is 53.0 Å². The smallest absolute Gasteiger partial charge is 0.304 e. The molecule has 1 rings (SSSR count). The van der Waals surface area contributed by atoms with Crippen LogP contribution in [0.4, 0.5) is 0 Å². The molecule has 4 heteroatoms. The Balaban J connectivity index is 0.000000293. The molecule has 16 heavy (non-hydrogen) atoms. The highest BCUT2D eigenvalue weighted by atomic mass is 28.3. The molecule has 3 nitrogen and oxygen atoms in total. The van der Waals surface area contributed by atoms with Gasteiger partial charge in [-0.1, -0.05) is 19.8 Å². The lowest BCUT2D eigenvalue weighted by Gasteiger charge is -1.98. The zero-order valence-corrected chi connectivity index (χ0v) is 12.9. The fraction of sp³-hybridized carbons (Fsp3) is 1.00. The molecule has 0 radical (unpaired) electrons. The molecule has 0 aliphatic carbocycles. The summed E-state index contributed by atoms with van der Waals surface area (Å²) in [5.41, 5.74) is 0. The van der Waals surface area contributed by atoms with Gasteiger partial charge in [-0.05, 0) is 33.7 Å². The molecule has 0 spiro atoms. The lowest BCUT2D eigenvalue weighted by molar-refractivity contribution is 0.240. The largest absolute Gasteiger partial charge is 0.399 e. The summed E-state index contributed by atoms with van der Waals surface area (Å²) in [6, 6.07) is 0.904. The lowest BCUT2D eigenvalue weighted by atomic mass is 10.2. The minimum absolute atomic E-state index is 0.589. The molecule has 0 N–H and O–H groups in total. The van der Waals surface area contributed by atoms with Crippen molar-refractivity contribution in [1.29, 1.82) is 0 Å². The van der Waals surface area contributed by atoms with E-state index in [0.29, 0.717) is 0 Å². The van der Waals surface area contributed by atoms with Gasteiger partial charge in [-0.3, -0.25) is 4.90 Å². The first-order valence-electron chi connectivity index (χ1n) is 6.65. The average Bonchev–Trinajstić information content (AvgIpc) is 2.97. The highest BCUT2D eigenvalue weighted by molar-refractivity contribution is 6.17. The third-order valence-corrected chi connectivity index (χ3v) is 3.76. The van der Waals surface area contributed by atoms with Gasteiger partial charge < -0.3 is 8.85 Å². The van der Waals surface area contributed by atoms with Gasteiger partial charge in [-0.2, -0.15) is 0 Å². The second-order valence-electron chi connectivity index (χ2n) is 4.15. The first-order valence-corrected chi connectivity index (χ1v) is 7.81. The Kier molecular flexibility index (Phi) is 11.6. The van der Waals surface area contributed by atoms with Crippen LogP contribution in [0.5, 0.6) is 0 Å². The van der Waals surface area contributed by atoms with Crippen LogP contribution in [0.15, 0.2) is 0 Å². The molecule has 1 saturated heterocycles. The quantitative estimate of drug-likeness (QED) is 0.372. The van der Waals surface area contributed by atoms with Crippen LogP contribution < -0.4 is 0 Å². The molecular weight excluding hydrogens is 218 g/mol. The van der Waals surface area contributed by atoms with Gasteiger partial charge >= 0.3 is 10.0 Å². The van der Waals surface area contributed by atoms with Crippen LogP contribution in [0, 0.1) is 0 Å². The fourth-order valence-electron chi connectivity index (χ4n) is 1.39. The molecule has 98 valence electrons. The third-order valence-electron chi connectivity index (χ3n) is 2.61. The van der Waals surface area contributed by atoms with E-state index in [2.05, 4.69) is 18.7 Å². The molecule has 0 aromatic heterocycles. The summed E-state index contributed by atoms with van der Waals surface area (Å²) in [4.78, 5) is 2.52. The van der Waals surface area contributed by atoms with Gasteiger partial charge in [0.1, 0.15) is 0 Å². The SMILES string of the molecule is CCCCCN1CC1C.CCO[SiH2]OCC. The normalized spacial score (nSPS) is 22.5. The first-order chi connectivity index (χ1) is 7.76. The maximum absolute atomic E-state index is 4.99. The molecule has 0 saturated carbocycles. The standard InChI is InChI=1S/C8H17N.C4H12O2Si/c1-3-4-5-6-9-7-8(9)2;1-3-5-7-6-4-2/h8H,3-7H2,1-2H3;3-4,7H2,1-2H3. The van der Waals surface area contributed by atoms with E-state index in [1.165, 1.54) is 32.4 Å². The van der Waals surface area contributed by atoms with Gasteiger partial charge in [0.25, 0.3) is 0 Å². The lowest BCUT2D eigenvalue weighted by Crippen LogP contribution is -2.02. The number of rotatable bonds is 8. The summed E-state index contributed by atoms with van der Waals surface area (Å²) in [6.07, 6.45) is 4.16. The van der Waals surface area contributed by atoms with Crippen LogP contribution in [0.3, 0.4) is 0 Å². The Morgan fingerprint density at radius 2 is 1.69 bits per heavy atom. The Bertz CT molecular complexity index is 143. The van der Waals surface area contributed by atoms with Gasteiger partial charge in [0.2, 0.25) is 0 Å². The van der Waals surface area contributed by atoms with E-state index < -0.39 is 10.0 Å². The Morgan fingerprint density at radius 1 is 1.12 bits per heavy atom. The monoisotopic (exact) mass is 247 g/mol. The second-order valence-corrected chi connectivity index (χ2v) is 5.21. The highest BCUT2D eigenvalue weighted by Gasteiger charge is 2.27. The molecule has 0 amide bonds. The van der Waals surface area contributed by atoms with Crippen LogP contribution in [-0.4, -0.2) is 47.3 Å². The summed E-state index contributed by atoms with van der Waals surface area (Å²) in [6.45, 7) is 12.8. The molecule has 1 aliphatic heterocycles. The fourth-order valence-corrected chi connectivity index (χ4v) is 1.85. The van der Waals surface area contributed by atoms with Gasteiger partial charge in [-0.15, -0.1) is 0 Å². The van der Waals surface area contributed by atoms with E-state index in [0.717, 1.165) is 19.3 Å². The minimum atomic E-state index is -0.589. The predicted octanol–water partition coefficient (Wildman–Crippen LogP) is 1.94. The number of hydrogen-bond acceptors (Lipinski definition) is 3. The number of unbranched alkanes of at least 4 members (excludes halogenated alkanes) is 2. The number of nitrogens with zero attached hydrogens (tertiary/aromatic N) is 1. The van der Waals surface area contributed by atoms with E-state index in [-0.39, 0.29) is 0 Å². The zero-order valence-electron chi connectivity index (χ0n) is 11.5. The molecule has 2 atom stereocenters. The molecule has 0 aromatic rings. The molecule has 1 fully saturated rings. The maximum Gasteiger partial charge on any atom is 0.304 e. The topological polar surface area (TPSA) is 21.5 Å². The van der Waals surface area contributed by atoms with Crippen molar-refractivity contribution < 1.29 is 8.85 Å². The van der Waals surface area contributed by atoms with Crippen molar-refractivity contribution in [3.05, 3.63) is 0 Å². The van der Waals surface area contributed by atoms with Gasteiger partial charge in [-0.25, -0.2) is 0 Å². The van der Waals surface area contributed by atoms with Gasteiger partial charge in [0.15, 0.2) is 0 Å². The first kappa shape index (κ1) is 16.1.